The van der Waals surface area contributed by atoms with Crippen molar-refractivity contribution in [2.24, 2.45) is 0 Å². The molecule has 0 bridgehead atoms. The lowest BCUT2D eigenvalue weighted by atomic mass is 10.1. The molecular formula is C24H32N4O3. The molecule has 0 aliphatic heterocycles. The number of hydrogen-bond donors (Lipinski definition) is 1. The minimum atomic E-state index is -0.0563. The molecule has 31 heavy (non-hydrogen) atoms. The zero-order chi connectivity index (χ0) is 22.4. The van der Waals surface area contributed by atoms with E-state index in [9.17, 15) is 4.79 Å². The van der Waals surface area contributed by atoms with E-state index in [0.717, 1.165) is 41.1 Å². The van der Waals surface area contributed by atoms with Crippen LogP contribution < -0.4 is 14.8 Å². The lowest BCUT2D eigenvalue weighted by Gasteiger charge is -2.14. The zero-order valence-electron chi connectivity index (χ0n) is 19.1. The van der Waals surface area contributed by atoms with Gasteiger partial charge in [0.15, 0.2) is 17.1 Å². The number of hydrogen-bond acceptors (Lipinski definition) is 5. The van der Waals surface area contributed by atoms with Crippen molar-refractivity contribution in [3.63, 3.8) is 0 Å². The summed E-state index contributed by atoms with van der Waals surface area (Å²) < 4.78 is 13.4. The summed E-state index contributed by atoms with van der Waals surface area (Å²) in [4.78, 5) is 17.3. The number of amides is 1. The highest BCUT2D eigenvalue weighted by Crippen LogP contribution is 2.31. The number of carbonyl (C=O) groups is 1. The summed E-state index contributed by atoms with van der Waals surface area (Å²) >= 11 is 0. The van der Waals surface area contributed by atoms with Gasteiger partial charge in [0.2, 0.25) is 5.91 Å². The number of carbonyl (C=O) groups excluding carboxylic acids is 1. The summed E-state index contributed by atoms with van der Waals surface area (Å²) in [5, 5.41) is 7.48. The second-order valence-corrected chi connectivity index (χ2v) is 7.72. The summed E-state index contributed by atoms with van der Waals surface area (Å²) in [5.74, 6) is 1.30. The van der Waals surface area contributed by atoms with Crippen LogP contribution >= 0.6 is 0 Å². The Kier molecular flexibility index (Phi) is 7.50. The first-order valence-corrected chi connectivity index (χ1v) is 10.9. The Bertz CT molecular complexity index is 1060. The molecule has 0 saturated carbocycles. The van der Waals surface area contributed by atoms with Crippen LogP contribution in [-0.2, 0) is 11.2 Å². The van der Waals surface area contributed by atoms with Crippen LogP contribution in [0.5, 0.6) is 11.5 Å². The molecule has 1 amide bonds. The molecule has 0 aliphatic carbocycles. The molecule has 0 spiro atoms. The van der Waals surface area contributed by atoms with Gasteiger partial charge in [-0.2, -0.15) is 5.10 Å². The van der Waals surface area contributed by atoms with Crippen LogP contribution in [-0.4, -0.2) is 33.7 Å². The molecule has 0 fully saturated rings. The van der Waals surface area contributed by atoms with E-state index in [2.05, 4.69) is 29.2 Å². The fourth-order valence-corrected chi connectivity index (χ4v) is 3.51. The van der Waals surface area contributed by atoms with Crippen molar-refractivity contribution < 1.29 is 14.3 Å². The van der Waals surface area contributed by atoms with Crippen LogP contribution in [0.3, 0.4) is 0 Å². The van der Waals surface area contributed by atoms with Crippen molar-refractivity contribution in [2.45, 2.75) is 60.3 Å². The maximum atomic E-state index is 12.6. The van der Waals surface area contributed by atoms with E-state index < -0.39 is 0 Å². The maximum Gasteiger partial charge on any atom is 0.224 e. The van der Waals surface area contributed by atoms with Gasteiger partial charge in [-0.3, -0.25) is 4.79 Å². The number of nitrogens with one attached hydrogen (secondary N) is 1. The van der Waals surface area contributed by atoms with E-state index in [-0.39, 0.29) is 5.91 Å². The van der Waals surface area contributed by atoms with Crippen LogP contribution in [0.2, 0.25) is 0 Å². The Balaban J connectivity index is 1.68. The van der Waals surface area contributed by atoms with E-state index in [0.29, 0.717) is 43.2 Å². The third-order valence-corrected chi connectivity index (χ3v) is 5.04. The molecule has 3 aromatic rings. The van der Waals surface area contributed by atoms with Gasteiger partial charge in [-0.1, -0.05) is 13.8 Å². The molecule has 7 nitrogen and oxygen atoms in total. The van der Waals surface area contributed by atoms with Crippen molar-refractivity contribution in [1.82, 2.24) is 14.6 Å². The monoisotopic (exact) mass is 424 g/mol. The van der Waals surface area contributed by atoms with Crippen LogP contribution in [0, 0.1) is 20.8 Å². The number of fused-ring (bicyclic) bond motifs is 1. The summed E-state index contributed by atoms with van der Waals surface area (Å²) in [5.41, 5.74) is 5.48. The fraction of sp³-hybridized carbons (Fsp3) is 0.458. The third-order valence-electron chi connectivity index (χ3n) is 5.04. The van der Waals surface area contributed by atoms with Crippen molar-refractivity contribution >= 4 is 17.2 Å². The van der Waals surface area contributed by atoms with Gasteiger partial charge >= 0.3 is 0 Å². The quantitative estimate of drug-likeness (QED) is 0.506. The molecule has 0 radical (unpaired) electrons. The van der Waals surface area contributed by atoms with Gasteiger partial charge in [-0.05, 0) is 57.7 Å². The van der Waals surface area contributed by atoms with E-state index in [1.165, 1.54) is 0 Å². The third kappa shape index (κ3) is 5.54. The van der Waals surface area contributed by atoms with Gasteiger partial charge < -0.3 is 14.8 Å². The molecule has 2 aromatic heterocycles. The van der Waals surface area contributed by atoms with Crippen molar-refractivity contribution in [1.29, 1.82) is 0 Å². The number of benzene rings is 1. The van der Waals surface area contributed by atoms with Gasteiger partial charge in [0.25, 0.3) is 0 Å². The van der Waals surface area contributed by atoms with Gasteiger partial charge in [0.05, 0.1) is 18.9 Å². The average Bonchev–Trinajstić information content (AvgIpc) is 3.11. The fourth-order valence-electron chi connectivity index (χ4n) is 3.51. The molecule has 1 aromatic carbocycles. The smallest absolute Gasteiger partial charge is 0.224 e. The topological polar surface area (TPSA) is 77.8 Å². The molecule has 0 atom stereocenters. The first kappa shape index (κ1) is 22.6. The molecule has 0 saturated heterocycles. The van der Waals surface area contributed by atoms with Crippen LogP contribution in [0.4, 0.5) is 5.69 Å². The lowest BCUT2D eigenvalue weighted by Crippen LogP contribution is -2.14. The zero-order valence-corrected chi connectivity index (χ0v) is 19.1. The summed E-state index contributed by atoms with van der Waals surface area (Å²) in [6.45, 7) is 11.3. The Morgan fingerprint density at radius 2 is 1.74 bits per heavy atom. The van der Waals surface area contributed by atoms with E-state index in [1.807, 2.05) is 49.6 Å². The number of anilines is 1. The highest BCUT2D eigenvalue weighted by atomic mass is 16.5. The molecule has 1 N–H and O–H groups in total. The molecule has 0 unspecified atom stereocenters. The number of ether oxygens (including phenoxy) is 2. The molecular weight excluding hydrogens is 392 g/mol. The molecule has 7 heteroatoms. The molecule has 166 valence electrons. The normalized spacial score (nSPS) is 11.0. The molecule has 3 rings (SSSR count). The molecule has 0 aliphatic rings. The average molecular weight is 425 g/mol. The second-order valence-electron chi connectivity index (χ2n) is 7.72. The van der Waals surface area contributed by atoms with E-state index in [4.69, 9.17) is 9.47 Å². The maximum absolute atomic E-state index is 12.6. The van der Waals surface area contributed by atoms with Gasteiger partial charge in [0.1, 0.15) is 0 Å². The Labute approximate surface area is 183 Å². The van der Waals surface area contributed by atoms with Gasteiger partial charge in [-0.25, -0.2) is 9.50 Å². The highest BCUT2D eigenvalue weighted by molar-refractivity contribution is 5.91. The largest absolute Gasteiger partial charge is 0.490 e. The van der Waals surface area contributed by atoms with E-state index in [1.54, 1.807) is 0 Å². The lowest BCUT2D eigenvalue weighted by molar-refractivity contribution is -0.116. The summed E-state index contributed by atoms with van der Waals surface area (Å²) in [7, 11) is 0. The standard InChI is InChI=1S/C24H32N4O3/c1-6-12-30-21-10-8-19(15-22(21)31-13-7-2)26-24(29)11-9-20-17(4)25-23-14-16(3)27-28(23)18(20)5/h8,10,14-15H,6-7,9,11-13H2,1-5H3,(H,26,29). The van der Waals surface area contributed by atoms with Crippen molar-refractivity contribution in [2.75, 3.05) is 18.5 Å². The molecule has 2 heterocycles. The highest BCUT2D eigenvalue weighted by Gasteiger charge is 2.14. The number of rotatable bonds is 10. The first-order chi connectivity index (χ1) is 14.9. The minimum absolute atomic E-state index is 0.0563. The Hall–Kier alpha value is -3.09. The van der Waals surface area contributed by atoms with Gasteiger partial charge in [0, 0.05) is 35.6 Å². The van der Waals surface area contributed by atoms with Gasteiger partial charge in [-0.15, -0.1) is 0 Å². The second kappa shape index (κ2) is 10.3. The number of aryl methyl sites for hydroxylation is 3. The minimum Gasteiger partial charge on any atom is -0.490 e. The number of aromatic nitrogens is 3. The van der Waals surface area contributed by atoms with Crippen LogP contribution in [0.1, 0.15) is 55.8 Å². The Morgan fingerprint density at radius 3 is 2.45 bits per heavy atom. The predicted octanol–water partition coefficient (Wildman–Crippen LogP) is 4.80. The Morgan fingerprint density at radius 1 is 1.03 bits per heavy atom. The van der Waals surface area contributed by atoms with Crippen molar-refractivity contribution in [3.8, 4) is 11.5 Å². The summed E-state index contributed by atoms with van der Waals surface area (Å²) in [6, 6.07) is 7.48. The van der Waals surface area contributed by atoms with Crippen LogP contribution in [0.15, 0.2) is 24.3 Å². The van der Waals surface area contributed by atoms with Crippen molar-refractivity contribution in [3.05, 3.63) is 46.9 Å². The van der Waals surface area contributed by atoms with Crippen LogP contribution in [0.25, 0.3) is 5.65 Å². The predicted molar refractivity (Wildman–Crippen MR) is 122 cm³/mol. The van der Waals surface area contributed by atoms with E-state index >= 15 is 0 Å². The first-order valence-electron chi connectivity index (χ1n) is 10.9. The SMILES string of the molecule is CCCOc1ccc(NC(=O)CCc2c(C)nc3cc(C)nn3c2C)cc1OCCC. The summed E-state index contributed by atoms with van der Waals surface area (Å²) in [6.07, 6.45) is 2.77. The number of nitrogens with zero attached hydrogens (tertiary/aromatic N) is 3.